The first kappa shape index (κ1) is 21.7. The van der Waals surface area contributed by atoms with Gasteiger partial charge in [-0.25, -0.2) is 4.39 Å². The maximum Gasteiger partial charge on any atom is 0.431 e. The zero-order valence-corrected chi connectivity index (χ0v) is 14.6. The maximum absolute atomic E-state index is 14.1. The van der Waals surface area contributed by atoms with Crippen LogP contribution in [0.25, 0.3) is 0 Å². The first-order valence-electron chi connectivity index (χ1n) is 7.46. The molecular formula is C17H21F7O. The van der Waals surface area contributed by atoms with Gasteiger partial charge >= 0.3 is 18.0 Å². The Morgan fingerprint density at radius 2 is 1.08 bits per heavy atom. The molecule has 0 aliphatic rings. The minimum Gasteiger partial charge on any atom is -0.374 e. The van der Waals surface area contributed by atoms with Crippen LogP contribution in [0, 0.1) is 0 Å². The summed E-state index contributed by atoms with van der Waals surface area (Å²) in [7, 11) is 0.949. The Morgan fingerprint density at radius 1 is 0.720 bits per heavy atom. The van der Waals surface area contributed by atoms with Gasteiger partial charge in [-0.05, 0) is 23.5 Å². The van der Waals surface area contributed by atoms with E-state index in [1.54, 1.807) is 12.1 Å². The van der Waals surface area contributed by atoms with E-state index in [9.17, 15) is 30.7 Å². The van der Waals surface area contributed by atoms with Crippen molar-refractivity contribution in [2.75, 3.05) is 7.11 Å². The number of hydrogen-bond acceptors (Lipinski definition) is 1. The summed E-state index contributed by atoms with van der Waals surface area (Å²) in [5.74, 6) is 0. The third-order valence-corrected chi connectivity index (χ3v) is 4.29. The highest BCUT2D eigenvalue weighted by Crippen LogP contribution is 2.52. The Hall–Kier alpha value is -1.31. The summed E-state index contributed by atoms with van der Waals surface area (Å²) in [6, 6.07) is 5.87. The fourth-order valence-electron chi connectivity index (χ4n) is 2.44. The highest BCUT2D eigenvalue weighted by Gasteiger charge is 2.74. The van der Waals surface area contributed by atoms with Gasteiger partial charge in [0.25, 0.3) is 0 Å². The molecule has 0 spiro atoms. The lowest BCUT2D eigenvalue weighted by Crippen LogP contribution is -2.56. The Balaban J connectivity index is 3.35. The molecule has 0 aromatic heterocycles. The molecule has 0 radical (unpaired) electrons. The van der Waals surface area contributed by atoms with Crippen molar-refractivity contribution in [3.63, 3.8) is 0 Å². The largest absolute Gasteiger partial charge is 0.431 e. The van der Waals surface area contributed by atoms with Crippen molar-refractivity contribution in [2.45, 2.75) is 63.2 Å². The molecule has 0 fully saturated rings. The van der Waals surface area contributed by atoms with E-state index < -0.39 is 30.0 Å². The van der Waals surface area contributed by atoms with Crippen LogP contribution in [-0.2, 0) is 15.8 Å². The van der Waals surface area contributed by atoms with Crippen LogP contribution in [0.3, 0.4) is 0 Å². The van der Waals surface area contributed by atoms with E-state index in [0.717, 1.165) is 19.6 Å². The van der Waals surface area contributed by atoms with Crippen LogP contribution < -0.4 is 0 Å². The van der Waals surface area contributed by atoms with Crippen LogP contribution in [0.1, 0.15) is 45.2 Å². The van der Waals surface area contributed by atoms with Gasteiger partial charge in [-0.15, -0.1) is 0 Å². The van der Waals surface area contributed by atoms with Crippen molar-refractivity contribution in [3.05, 3.63) is 35.4 Å². The van der Waals surface area contributed by atoms with E-state index in [1.807, 2.05) is 20.8 Å². The first-order chi connectivity index (χ1) is 11.0. The van der Waals surface area contributed by atoms with Crippen molar-refractivity contribution in [1.82, 2.24) is 0 Å². The minimum absolute atomic E-state index is 0.0264. The van der Waals surface area contributed by atoms with Gasteiger partial charge < -0.3 is 4.74 Å². The second-order valence-electron chi connectivity index (χ2n) is 7.24. The number of benzene rings is 1. The van der Waals surface area contributed by atoms with Crippen LogP contribution in [0.4, 0.5) is 30.7 Å². The van der Waals surface area contributed by atoms with E-state index in [2.05, 4.69) is 0 Å². The highest BCUT2D eigenvalue weighted by atomic mass is 19.4. The standard InChI is InChI=1S/C17H21F7O/c1-13(2,3)11-6-8-12(9-7-11)14(4,25-5)10-15(18,16(19,20)21)17(22,23)24/h6-9H,10H2,1-5H3. The number of alkyl halides is 7. The van der Waals surface area contributed by atoms with Crippen molar-refractivity contribution in [3.8, 4) is 0 Å². The Labute approximate surface area is 142 Å². The lowest BCUT2D eigenvalue weighted by Gasteiger charge is -2.38. The van der Waals surface area contributed by atoms with Crippen LogP contribution in [0.2, 0.25) is 0 Å². The smallest absolute Gasteiger partial charge is 0.374 e. The first-order valence-corrected chi connectivity index (χ1v) is 7.46. The molecule has 1 aromatic rings. The Kier molecular flexibility index (Phi) is 5.60. The molecule has 0 N–H and O–H groups in total. The molecule has 0 saturated carbocycles. The second kappa shape index (κ2) is 6.45. The van der Waals surface area contributed by atoms with Gasteiger partial charge in [0.2, 0.25) is 0 Å². The molecule has 0 amide bonds. The summed E-state index contributed by atoms with van der Waals surface area (Å²) in [5, 5.41) is 0. The predicted octanol–water partition coefficient (Wildman–Crippen LogP) is 6.07. The average Bonchev–Trinajstić information content (AvgIpc) is 2.44. The Morgan fingerprint density at radius 3 is 1.36 bits per heavy atom. The summed E-state index contributed by atoms with van der Waals surface area (Å²) >= 11 is 0. The third kappa shape index (κ3) is 4.27. The average molecular weight is 374 g/mol. The summed E-state index contributed by atoms with van der Waals surface area (Å²) in [4.78, 5) is 0. The third-order valence-electron chi connectivity index (χ3n) is 4.29. The lowest BCUT2D eigenvalue weighted by molar-refractivity contribution is -0.353. The van der Waals surface area contributed by atoms with E-state index in [1.165, 1.54) is 12.1 Å². The molecule has 1 rings (SSSR count). The molecule has 1 aromatic carbocycles. The van der Waals surface area contributed by atoms with Crippen molar-refractivity contribution < 1.29 is 35.5 Å². The number of ether oxygens (including phenoxy) is 1. The van der Waals surface area contributed by atoms with Crippen molar-refractivity contribution in [1.29, 1.82) is 0 Å². The maximum atomic E-state index is 14.1. The SMILES string of the molecule is COC(C)(CC(F)(C(F)(F)F)C(F)(F)F)c1ccc(C(C)(C)C)cc1. The normalized spacial score (nSPS) is 16.6. The topological polar surface area (TPSA) is 9.23 Å². The zero-order valence-electron chi connectivity index (χ0n) is 14.6. The molecule has 0 aliphatic carbocycles. The molecule has 8 heteroatoms. The van der Waals surface area contributed by atoms with Gasteiger partial charge in [-0.2, -0.15) is 26.3 Å². The molecule has 0 heterocycles. The summed E-state index contributed by atoms with van der Waals surface area (Å²) in [6.07, 6.45) is -14.2. The zero-order chi connectivity index (χ0) is 19.9. The number of rotatable bonds is 4. The minimum atomic E-state index is -6.11. The fraction of sp³-hybridized carbons (Fsp3) is 0.647. The summed E-state index contributed by atoms with van der Waals surface area (Å²) in [6.45, 7) is 6.71. The number of halogens is 7. The number of hydrogen-bond donors (Lipinski definition) is 0. The molecule has 1 atom stereocenters. The predicted molar refractivity (Wildman–Crippen MR) is 80.1 cm³/mol. The highest BCUT2D eigenvalue weighted by molar-refractivity contribution is 5.31. The molecular weight excluding hydrogens is 353 g/mol. The van der Waals surface area contributed by atoms with E-state index >= 15 is 0 Å². The summed E-state index contributed by atoms with van der Waals surface area (Å²) < 4.78 is 96.1. The molecule has 1 unspecified atom stereocenters. The summed E-state index contributed by atoms with van der Waals surface area (Å²) in [5.41, 5.74) is -6.90. The van der Waals surface area contributed by atoms with Crippen LogP contribution in [-0.4, -0.2) is 25.1 Å². The molecule has 0 aliphatic heterocycles. The van der Waals surface area contributed by atoms with Gasteiger partial charge in [-0.3, -0.25) is 0 Å². The van der Waals surface area contributed by atoms with Crippen molar-refractivity contribution in [2.24, 2.45) is 0 Å². The van der Waals surface area contributed by atoms with Crippen LogP contribution >= 0.6 is 0 Å². The van der Waals surface area contributed by atoms with Gasteiger partial charge in [0.05, 0.1) is 5.60 Å². The molecule has 0 bridgehead atoms. The van der Waals surface area contributed by atoms with E-state index in [0.29, 0.717) is 0 Å². The fourth-order valence-corrected chi connectivity index (χ4v) is 2.44. The molecule has 25 heavy (non-hydrogen) atoms. The molecule has 1 nitrogen and oxygen atoms in total. The molecule has 144 valence electrons. The number of methoxy groups -OCH3 is 1. The van der Waals surface area contributed by atoms with E-state index in [-0.39, 0.29) is 11.0 Å². The van der Waals surface area contributed by atoms with Crippen molar-refractivity contribution >= 4 is 0 Å². The Bertz CT molecular complexity index is 567. The van der Waals surface area contributed by atoms with E-state index in [4.69, 9.17) is 4.74 Å². The molecule has 0 saturated heterocycles. The van der Waals surface area contributed by atoms with Gasteiger partial charge in [0, 0.05) is 13.5 Å². The van der Waals surface area contributed by atoms with Gasteiger partial charge in [0.1, 0.15) is 0 Å². The van der Waals surface area contributed by atoms with Crippen LogP contribution in [0.15, 0.2) is 24.3 Å². The van der Waals surface area contributed by atoms with Crippen LogP contribution in [0.5, 0.6) is 0 Å². The second-order valence-corrected chi connectivity index (χ2v) is 7.24. The quantitative estimate of drug-likeness (QED) is 0.582. The lowest BCUT2D eigenvalue weighted by atomic mass is 9.81. The van der Waals surface area contributed by atoms with Gasteiger partial charge in [0.15, 0.2) is 0 Å². The van der Waals surface area contributed by atoms with Gasteiger partial charge in [-0.1, -0.05) is 45.0 Å². The monoisotopic (exact) mass is 374 g/mol.